The Morgan fingerprint density at radius 1 is 0.769 bits per heavy atom. The molecule has 0 bridgehead atoms. The number of ether oxygens (including phenoxy) is 3. The van der Waals surface area contributed by atoms with Crippen LogP contribution in [0.5, 0.6) is 23.1 Å². The molecular formula is C45H49N3O4. The molecule has 7 nitrogen and oxygen atoms in total. The monoisotopic (exact) mass is 695 g/mol. The van der Waals surface area contributed by atoms with Crippen LogP contribution in [-0.4, -0.2) is 53.5 Å². The van der Waals surface area contributed by atoms with Gasteiger partial charge in [0.2, 0.25) is 11.8 Å². The van der Waals surface area contributed by atoms with Crippen LogP contribution in [-0.2, 0) is 24.4 Å². The van der Waals surface area contributed by atoms with E-state index >= 15 is 0 Å². The Hall–Kier alpha value is -5.40. The summed E-state index contributed by atoms with van der Waals surface area (Å²) < 4.78 is 17.9. The summed E-state index contributed by atoms with van der Waals surface area (Å²) in [6, 6.07) is 35.0. The summed E-state index contributed by atoms with van der Waals surface area (Å²) in [6.07, 6.45) is 6.09. The summed E-state index contributed by atoms with van der Waals surface area (Å²) >= 11 is 0. The van der Waals surface area contributed by atoms with E-state index in [2.05, 4.69) is 103 Å². The second kappa shape index (κ2) is 17.7. The van der Waals surface area contributed by atoms with Crippen LogP contribution in [0.25, 0.3) is 6.08 Å². The van der Waals surface area contributed by atoms with Crippen molar-refractivity contribution < 1.29 is 19.0 Å². The molecule has 0 radical (unpaired) electrons. The van der Waals surface area contributed by atoms with Crippen LogP contribution in [0.4, 0.5) is 0 Å². The van der Waals surface area contributed by atoms with Gasteiger partial charge in [-0.2, -0.15) is 0 Å². The minimum absolute atomic E-state index is 0.0361. The highest BCUT2D eigenvalue weighted by Gasteiger charge is 2.19. The number of hydrogen-bond donors (Lipinski definition) is 0. The van der Waals surface area contributed by atoms with Crippen LogP contribution in [0.2, 0.25) is 0 Å². The standard InChI is InChI=1S/C45H49N3O4/c1-33(2)40-15-17-41(18-16-40)50-28-23-36-9-11-38(12-10-36)31-47-24-26-48(27-25-47)45(49)22-14-37-13-20-43(35(4)29-37)52-44-21-19-42(30-46-44)51-32-39-7-5-34(3)6-8-39/h5-22,29-30,33H,23-28,31-32H2,1-4H3. The highest BCUT2D eigenvalue weighted by Crippen LogP contribution is 2.26. The summed E-state index contributed by atoms with van der Waals surface area (Å²) in [5.41, 5.74) is 8.11. The molecule has 1 aromatic heterocycles. The van der Waals surface area contributed by atoms with E-state index in [-0.39, 0.29) is 5.91 Å². The van der Waals surface area contributed by atoms with E-state index in [9.17, 15) is 4.79 Å². The lowest BCUT2D eigenvalue weighted by Gasteiger charge is -2.34. The zero-order valence-corrected chi connectivity index (χ0v) is 30.8. The van der Waals surface area contributed by atoms with Crippen molar-refractivity contribution in [1.82, 2.24) is 14.8 Å². The van der Waals surface area contributed by atoms with E-state index < -0.39 is 0 Å². The average Bonchev–Trinajstić information content (AvgIpc) is 3.16. The molecular weight excluding hydrogens is 647 g/mol. The maximum absolute atomic E-state index is 13.0. The topological polar surface area (TPSA) is 64.1 Å². The van der Waals surface area contributed by atoms with Crippen molar-refractivity contribution in [2.75, 3.05) is 32.8 Å². The van der Waals surface area contributed by atoms with Crippen molar-refractivity contribution in [3.63, 3.8) is 0 Å². The molecule has 1 saturated heterocycles. The van der Waals surface area contributed by atoms with Crippen LogP contribution in [0.1, 0.15) is 58.7 Å². The number of aromatic nitrogens is 1. The number of carbonyl (C=O) groups is 1. The first kappa shape index (κ1) is 36.4. The molecule has 7 heteroatoms. The van der Waals surface area contributed by atoms with E-state index in [0.29, 0.717) is 49.6 Å². The molecule has 52 heavy (non-hydrogen) atoms. The summed E-state index contributed by atoms with van der Waals surface area (Å²) in [5, 5.41) is 0. The first-order valence-corrected chi connectivity index (χ1v) is 18.2. The van der Waals surface area contributed by atoms with Gasteiger partial charge in [-0.1, -0.05) is 86.1 Å². The SMILES string of the molecule is Cc1ccc(COc2ccc(Oc3ccc(C=CC(=O)N4CCN(Cc5ccc(CCOc6ccc(C(C)C)cc6)cc5)CC4)cc3C)nc2)cc1. The van der Waals surface area contributed by atoms with Crippen molar-refractivity contribution in [3.8, 4) is 23.1 Å². The van der Waals surface area contributed by atoms with Crippen molar-refractivity contribution >= 4 is 12.0 Å². The fourth-order valence-electron chi connectivity index (χ4n) is 6.07. The Bertz CT molecular complexity index is 1910. The molecule has 1 aliphatic rings. The number of piperazine rings is 1. The first-order valence-electron chi connectivity index (χ1n) is 18.2. The number of pyridine rings is 1. The van der Waals surface area contributed by atoms with Gasteiger partial charge >= 0.3 is 0 Å². The lowest BCUT2D eigenvalue weighted by molar-refractivity contribution is -0.127. The van der Waals surface area contributed by atoms with Gasteiger partial charge in [0.05, 0.1) is 12.8 Å². The number of aryl methyl sites for hydroxylation is 2. The molecule has 268 valence electrons. The Morgan fingerprint density at radius 2 is 1.46 bits per heavy atom. The highest BCUT2D eigenvalue weighted by atomic mass is 16.5. The molecule has 0 saturated carbocycles. The van der Waals surface area contributed by atoms with Gasteiger partial charge in [0, 0.05) is 51.3 Å². The van der Waals surface area contributed by atoms with E-state index in [1.54, 1.807) is 18.3 Å². The predicted molar refractivity (Wildman–Crippen MR) is 208 cm³/mol. The second-order valence-electron chi connectivity index (χ2n) is 13.8. The minimum Gasteiger partial charge on any atom is -0.493 e. The van der Waals surface area contributed by atoms with Gasteiger partial charge in [-0.25, -0.2) is 4.98 Å². The fourth-order valence-corrected chi connectivity index (χ4v) is 6.07. The Labute approximate surface area is 308 Å². The third-order valence-electron chi connectivity index (χ3n) is 9.39. The number of hydrogen-bond acceptors (Lipinski definition) is 6. The van der Waals surface area contributed by atoms with Crippen molar-refractivity contribution in [2.24, 2.45) is 0 Å². The zero-order chi connectivity index (χ0) is 36.3. The minimum atomic E-state index is 0.0361. The molecule has 1 fully saturated rings. The van der Waals surface area contributed by atoms with Gasteiger partial charge in [0.25, 0.3) is 0 Å². The number of nitrogens with zero attached hydrogens (tertiary/aromatic N) is 3. The van der Waals surface area contributed by atoms with E-state index in [1.165, 1.54) is 22.3 Å². The van der Waals surface area contributed by atoms with Gasteiger partial charge in [-0.15, -0.1) is 0 Å². The molecule has 4 aromatic carbocycles. The summed E-state index contributed by atoms with van der Waals surface area (Å²) in [7, 11) is 0. The third kappa shape index (κ3) is 10.6. The summed E-state index contributed by atoms with van der Waals surface area (Å²) in [4.78, 5) is 21.8. The molecule has 6 rings (SSSR count). The van der Waals surface area contributed by atoms with Gasteiger partial charge < -0.3 is 19.1 Å². The lowest BCUT2D eigenvalue weighted by atomic mass is 10.0. The maximum Gasteiger partial charge on any atom is 0.246 e. The predicted octanol–water partition coefficient (Wildman–Crippen LogP) is 9.17. The fraction of sp³-hybridized carbons (Fsp3) is 0.289. The smallest absolute Gasteiger partial charge is 0.246 e. The normalized spacial score (nSPS) is 13.4. The van der Waals surface area contributed by atoms with Crippen molar-refractivity contribution in [2.45, 2.75) is 53.2 Å². The van der Waals surface area contributed by atoms with Gasteiger partial charge in [0.1, 0.15) is 23.9 Å². The molecule has 0 spiro atoms. The van der Waals surface area contributed by atoms with Crippen molar-refractivity contribution in [1.29, 1.82) is 0 Å². The van der Waals surface area contributed by atoms with Crippen LogP contribution in [0.15, 0.2) is 115 Å². The van der Waals surface area contributed by atoms with Crippen molar-refractivity contribution in [3.05, 3.63) is 154 Å². The third-order valence-corrected chi connectivity index (χ3v) is 9.39. The molecule has 1 aliphatic heterocycles. The molecule has 0 N–H and O–H groups in total. The van der Waals surface area contributed by atoms with Crippen LogP contribution in [0, 0.1) is 13.8 Å². The molecule has 5 aromatic rings. The Morgan fingerprint density at radius 3 is 2.13 bits per heavy atom. The van der Waals surface area contributed by atoms with Crippen LogP contribution >= 0.6 is 0 Å². The maximum atomic E-state index is 13.0. The number of benzene rings is 4. The number of carbonyl (C=O) groups excluding carboxylic acids is 1. The second-order valence-corrected chi connectivity index (χ2v) is 13.8. The van der Waals surface area contributed by atoms with Gasteiger partial charge in [-0.05, 0) is 89.6 Å². The number of amides is 1. The zero-order valence-electron chi connectivity index (χ0n) is 30.8. The number of rotatable bonds is 14. The first-order chi connectivity index (χ1) is 25.3. The Balaban J connectivity index is 0.902. The van der Waals surface area contributed by atoms with Crippen LogP contribution < -0.4 is 14.2 Å². The Kier molecular flexibility index (Phi) is 12.4. The lowest BCUT2D eigenvalue weighted by Crippen LogP contribution is -2.47. The average molecular weight is 696 g/mol. The molecule has 1 amide bonds. The van der Waals surface area contributed by atoms with E-state index in [1.807, 2.05) is 42.2 Å². The summed E-state index contributed by atoms with van der Waals surface area (Å²) in [5.74, 6) is 3.37. The molecule has 0 atom stereocenters. The quantitative estimate of drug-likeness (QED) is 0.108. The highest BCUT2D eigenvalue weighted by molar-refractivity contribution is 5.91. The van der Waals surface area contributed by atoms with Gasteiger partial charge in [-0.3, -0.25) is 9.69 Å². The molecule has 0 unspecified atom stereocenters. The molecule has 0 aliphatic carbocycles. The summed E-state index contributed by atoms with van der Waals surface area (Å²) in [6.45, 7) is 13.6. The molecule has 2 heterocycles. The largest absolute Gasteiger partial charge is 0.493 e. The van der Waals surface area contributed by atoms with E-state index in [0.717, 1.165) is 48.5 Å². The van der Waals surface area contributed by atoms with E-state index in [4.69, 9.17) is 14.2 Å². The van der Waals surface area contributed by atoms with Crippen LogP contribution in [0.3, 0.4) is 0 Å². The van der Waals surface area contributed by atoms with Gasteiger partial charge in [0.15, 0.2) is 0 Å².